The lowest BCUT2D eigenvalue weighted by Crippen LogP contribution is -2.50. The smallest absolute Gasteiger partial charge is 0.317 e. The number of amides is 2. The third-order valence-electron chi connectivity index (χ3n) is 5.03. The van der Waals surface area contributed by atoms with Crippen LogP contribution in [0.4, 0.5) is 4.79 Å². The number of rotatable bonds is 5. The molecular formula is C16H30N2O2. The van der Waals surface area contributed by atoms with E-state index in [0.29, 0.717) is 19.0 Å². The zero-order chi connectivity index (χ0) is 14.9. The average molecular weight is 282 g/mol. The van der Waals surface area contributed by atoms with Crippen molar-refractivity contribution >= 4 is 6.03 Å². The number of fused-ring (bicyclic) bond motifs is 2. The number of aliphatic hydroxyl groups is 1. The Morgan fingerprint density at radius 1 is 1.40 bits per heavy atom. The molecule has 0 aromatic rings. The van der Waals surface area contributed by atoms with Gasteiger partial charge in [-0.3, -0.25) is 0 Å². The van der Waals surface area contributed by atoms with Crippen LogP contribution in [0.15, 0.2) is 0 Å². The van der Waals surface area contributed by atoms with Gasteiger partial charge in [0.25, 0.3) is 0 Å². The van der Waals surface area contributed by atoms with Gasteiger partial charge in [-0.05, 0) is 64.7 Å². The molecule has 2 N–H and O–H groups in total. The van der Waals surface area contributed by atoms with E-state index >= 15 is 0 Å². The molecule has 2 amide bonds. The first-order valence-electron chi connectivity index (χ1n) is 8.08. The van der Waals surface area contributed by atoms with Gasteiger partial charge in [0.1, 0.15) is 0 Å². The summed E-state index contributed by atoms with van der Waals surface area (Å²) >= 11 is 0. The van der Waals surface area contributed by atoms with Crippen molar-refractivity contribution in [2.24, 2.45) is 17.8 Å². The highest BCUT2D eigenvalue weighted by atomic mass is 16.3. The van der Waals surface area contributed by atoms with Crippen molar-refractivity contribution in [3.8, 4) is 0 Å². The molecule has 2 fully saturated rings. The molecule has 0 aromatic carbocycles. The third kappa shape index (κ3) is 3.66. The van der Waals surface area contributed by atoms with Crippen molar-refractivity contribution < 1.29 is 9.90 Å². The fourth-order valence-electron chi connectivity index (χ4n) is 4.09. The Morgan fingerprint density at radius 2 is 2.10 bits per heavy atom. The van der Waals surface area contributed by atoms with Gasteiger partial charge in [-0.2, -0.15) is 0 Å². The van der Waals surface area contributed by atoms with Crippen molar-refractivity contribution in [1.82, 2.24) is 10.2 Å². The van der Waals surface area contributed by atoms with Crippen LogP contribution >= 0.6 is 0 Å². The Morgan fingerprint density at radius 3 is 2.55 bits per heavy atom. The average Bonchev–Trinajstić information content (AvgIpc) is 2.96. The molecule has 2 rings (SSSR count). The summed E-state index contributed by atoms with van der Waals surface area (Å²) in [6, 6.07) is 0.207. The predicted octanol–water partition coefficient (Wildman–Crippen LogP) is 2.61. The molecule has 2 aliphatic rings. The van der Waals surface area contributed by atoms with E-state index in [4.69, 9.17) is 0 Å². The van der Waals surface area contributed by atoms with Crippen molar-refractivity contribution in [1.29, 1.82) is 0 Å². The summed E-state index contributed by atoms with van der Waals surface area (Å²) in [6.07, 6.45) is 5.38. The van der Waals surface area contributed by atoms with Crippen LogP contribution in [0.2, 0.25) is 0 Å². The largest absolute Gasteiger partial charge is 0.389 e. The topological polar surface area (TPSA) is 52.6 Å². The van der Waals surface area contributed by atoms with Gasteiger partial charge in [0.2, 0.25) is 0 Å². The van der Waals surface area contributed by atoms with Gasteiger partial charge in [-0.25, -0.2) is 4.79 Å². The van der Waals surface area contributed by atoms with E-state index < -0.39 is 5.60 Å². The molecule has 2 saturated carbocycles. The van der Waals surface area contributed by atoms with Crippen LogP contribution in [0.25, 0.3) is 0 Å². The summed E-state index contributed by atoms with van der Waals surface area (Å²) in [5.74, 6) is 2.38. The molecule has 4 atom stereocenters. The third-order valence-corrected chi connectivity index (χ3v) is 5.03. The molecule has 0 saturated heterocycles. The van der Waals surface area contributed by atoms with E-state index in [-0.39, 0.29) is 12.1 Å². The highest BCUT2D eigenvalue weighted by Crippen LogP contribution is 2.49. The zero-order valence-electron chi connectivity index (χ0n) is 13.4. The van der Waals surface area contributed by atoms with Crippen molar-refractivity contribution in [3.63, 3.8) is 0 Å². The summed E-state index contributed by atoms with van der Waals surface area (Å²) in [7, 11) is 0. The van der Waals surface area contributed by atoms with Crippen molar-refractivity contribution in [2.45, 2.75) is 65.0 Å². The number of nitrogens with one attached hydrogen (secondary N) is 1. The van der Waals surface area contributed by atoms with Gasteiger partial charge in [0.15, 0.2) is 0 Å². The first kappa shape index (κ1) is 15.6. The summed E-state index contributed by atoms with van der Waals surface area (Å²) in [4.78, 5) is 14.0. The van der Waals surface area contributed by atoms with Gasteiger partial charge >= 0.3 is 6.03 Å². The van der Waals surface area contributed by atoms with E-state index in [9.17, 15) is 9.90 Å². The highest BCUT2D eigenvalue weighted by molar-refractivity contribution is 5.74. The number of hydrogen-bond acceptors (Lipinski definition) is 2. The molecule has 0 aromatic heterocycles. The number of carbonyl (C=O) groups excluding carboxylic acids is 1. The first-order valence-corrected chi connectivity index (χ1v) is 8.08. The minimum absolute atomic E-state index is 0.0371. The lowest BCUT2D eigenvalue weighted by atomic mass is 9.84. The fraction of sp³-hybridized carbons (Fsp3) is 0.938. The second kappa shape index (κ2) is 5.92. The second-order valence-corrected chi connectivity index (χ2v) is 7.40. The molecule has 2 bridgehead atoms. The van der Waals surface area contributed by atoms with Crippen LogP contribution in [0, 0.1) is 17.8 Å². The molecule has 4 nitrogen and oxygen atoms in total. The standard InChI is InChI=1S/C16H30N2O2/c1-5-18(10-16(3,4)20)15(19)17-11(2)14-9-12-6-7-13(14)8-12/h11-14,20H,5-10H2,1-4H3,(H,17,19). The van der Waals surface area contributed by atoms with Crippen LogP contribution in [-0.4, -0.2) is 40.8 Å². The molecule has 4 heteroatoms. The number of nitrogens with zero attached hydrogens (tertiary/aromatic N) is 1. The summed E-state index contributed by atoms with van der Waals surface area (Å²) in [5, 5.41) is 13.0. The molecule has 2 aliphatic carbocycles. The first-order chi connectivity index (χ1) is 9.30. The number of urea groups is 1. The van der Waals surface area contributed by atoms with Crippen molar-refractivity contribution in [3.05, 3.63) is 0 Å². The molecular weight excluding hydrogens is 252 g/mol. The van der Waals surface area contributed by atoms with Crippen molar-refractivity contribution in [2.75, 3.05) is 13.1 Å². The van der Waals surface area contributed by atoms with Gasteiger partial charge in [0.05, 0.1) is 12.1 Å². The lowest BCUT2D eigenvalue weighted by Gasteiger charge is -2.33. The number of hydrogen-bond donors (Lipinski definition) is 2. The lowest BCUT2D eigenvalue weighted by molar-refractivity contribution is 0.0470. The Bertz CT molecular complexity index is 351. The maximum atomic E-state index is 12.3. The molecule has 116 valence electrons. The monoisotopic (exact) mass is 282 g/mol. The normalized spacial score (nSPS) is 30.4. The molecule has 0 spiro atoms. The van der Waals surface area contributed by atoms with E-state index in [1.165, 1.54) is 25.7 Å². The molecule has 0 aliphatic heterocycles. The van der Waals surface area contributed by atoms with Gasteiger partial charge in [-0.1, -0.05) is 6.42 Å². The summed E-state index contributed by atoms with van der Waals surface area (Å²) in [5.41, 5.74) is -0.844. The van der Waals surface area contributed by atoms with Gasteiger partial charge in [-0.15, -0.1) is 0 Å². The van der Waals surface area contributed by atoms with Crippen LogP contribution in [0.1, 0.15) is 53.4 Å². The van der Waals surface area contributed by atoms with Crippen LogP contribution in [0.3, 0.4) is 0 Å². The molecule has 20 heavy (non-hydrogen) atoms. The Kier molecular flexibility index (Phi) is 4.62. The molecule has 0 radical (unpaired) electrons. The maximum absolute atomic E-state index is 12.3. The fourth-order valence-corrected chi connectivity index (χ4v) is 4.09. The SMILES string of the molecule is CCN(CC(C)(C)O)C(=O)NC(C)C1CC2CCC1C2. The van der Waals surface area contributed by atoms with Gasteiger partial charge in [0, 0.05) is 12.6 Å². The van der Waals surface area contributed by atoms with E-state index in [0.717, 1.165) is 11.8 Å². The minimum atomic E-state index is -0.844. The number of carbonyl (C=O) groups is 1. The maximum Gasteiger partial charge on any atom is 0.317 e. The second-order valence-electron chi connectivity index (χ2n) is 7.40. The minimum Gasteiger partial charge on any atom is -0.389 e. The van der Waals surface area contributed by atoms with Crippen LogP contribution in [0.5, 0.6) is 0 Å². The van der Waals surface area contributed by atoms with Crippen LogP contribution < -0.4 is 5.32 Å². The van der Waals surface area contributed by atoms with Gasteiger partial charge < -0.3 is 15.3 Å². The number of likely N-dealkylation sites (N-methyl/N-ethyl adjacent to an activating group) is 1. The Balaban J connectivity index is 1.86. The molecule has 0 heterocycles. The quantitative estimate of drug-likeness (QED) is 0.814. The van der Waals surface area contributed by atoms with E-state index in [1.54, 1.807) is 18.7 Å². The summed E-state index contributed by atoms with van der Waals surface area (Å²) in [6.45, 7) is 8.57. The van der Waals surface area contributed by atoms with E-state index in [1.807, 2.05) is 6.92 Å². The Hall–Kier alpha value is -0.770. The molecule has 4 unspecified atom stereocenters. The predicted molar refractivity (Wildman–Crippen MR) is 80.5 cm³/mol. The zero-order valence-corrected chi connectivity index (χ0v) is 13.4. The highest BCUT2D eigenvalue weighted by Gasteiger charge is 2.42. The van der Waals surface area contributed by atoms with Crippen LogP contribution in [-0.2, 0) is 0 Å². The summed E-state index contributed by atoms with van der Waals surface area (Å²) < 4.78 is 0. The van der Waals surface area contributed by atoms with E-state index in [2.05, 4.69) is 12.2 Å². The Labute approximate surface area is 122 Å².